The summed E-state index contributed by atoms with van der Waals surface area (Å²) in [4.78, 5) is 10.0. The summed E-state index contributed by atoms with van der Waals surface area (Å²) in [5, 5.41) is 2.31. The number of methoxy groups -OCH3 is 1. The lowest BCUT2D eigenvalue weighted by Crippen LogP contribution is -2.09. The van der Waals surface area contributed by atoms with Gasteiger partial charge in [-0.2, -0.15) is 0 Å². The molecular formula is C21H22F5NO3S. The topological polar surface area (TPSA) is 47.6 Å². The number of benzene rings is 2. The molecule has 0 radical (unpaired) electrons. The Labute approximate surface area is 177 Å². The molecule has 0 unspecified atom stereocenters. The summed E-state index contributed by atoms with van der Waals surface area (Å²) in [6.07, 6.45) is 4.50. The Morgan fingerprint density at radius 2 is 1.65 bits per heavy atom. The van der Waals surface area contributed by atoms with Gasteiger partial charge in [0.15, 0.2) is 11.5 Å². The van der Waals surface area contributed by atoms with Crippen LogP contribution >= 0.6 is 10.2 Å². The van der Waals surface area contributed by atoms with Gasteiger partial charge in [0.25, 0.3) is 0 Å². The molecule has 0 atom stereocenters. The largest absolute Gasteiger partial charge is 0.493 e. The monoisotopic (exact) mass is 463 g/mol. The molecule has 31 heavy (non-hydrogen) atoms. The normalized spacial score (nSPS) is 13.8. The molecule has 0 saturated heterocycles. The Balaban J connectivity index is 2.08. The lowest BCUT2D eigenvalue weighted by Gasteiger charge is -2.40. The molecule has 0 aliphatic carbocycles. The Kier molecular flexibility index (Phi) is 6.46. The van der Waals surface area contributed by atoms with Crippen molar-refractivity contribution in [3.63, 3.8) is 0 Å². The van der Waals surface area contributed by atoms with Gasteiger partial charge in [-0.15, -0.1) is 0 Å². The van der Waals surface area contributed by atoms with Crippen LogP contribution in [0, 0.1) is 0 Å². The van der Waals surface area contributed by atoms with E-state index in [9.17, 15) is 24.2 Å². The summed E-state index contributed by atoms with van der Waals surface area (Å²) in [5.41, 5.74) is 1.64. The van der Waals surface area contributed by atoms with Crippen molar-refractivity contribution in [1.29, 1.82) is 0 Å². The van der Waals surface area contributed by atoms with Gasteiger partial charge in [0.2, 0.25) is 5.91 Å². The summed E-state index contributed by atoms with van der Waals surface area (Å²) in [5.74, 6) is 0.324. The number of ether oxygens (including phenoxy) is 2. The summed E-state index contributed by atoms with van der Waals surface area (Å²) in [7, 11) is -8.25. The zero-order valence-corrected chi connectivity index (χ0v) is 17.8. The van der Waals surface area contributed by atoms with E-state index in [1.54, 1.807) is 18.2 Å². The van der Waals surface area contributed by atoms with E-state index in [0.29, 0.717) is 23.7 Å². The zero-order chi connectivity index (χ0) is 23.3. The molecule has 2 aromatic rings. The van der Waals surface area contributed by atoms with Gasteiger partial charge in [0.1, 0.15) is 11.5 Å². The van der Waals surface area contributed by atoms with E-state index < -0.39 is 21.0 Å². The second-order valence-electron chi connectivity index (χ2n) is 6.82. The number of nitrogens with one attached hydrogen (secondary N) is 1. The lowest BCUT2D eigenvalue weighted by atomic mass is 10.2. The third-order valence-corrected chi connectivity index (χ3v) is 5.08. The first-order valence-corrected chi connectivity index (χ1v) is 10.9. The van der Waals surface area contributed by atoms with Crippen molar-refractivity contribution in [2.75, 3.05) is 19.0 Å². The maximum atomic E-state index is 12.7. The van der Waals surface area contributed by atoms with Crippen LogP contribution < -0.4 is 14.8 Å². The minimum atomic E-state index is -9.75. The number of anilines is 1. The average Bonchev–Trinajstić information content (AvgIpc) is 2.65. The number of hydrogen-bond donors (Lipinski definition) is 1. The fraction of sp³-hybridized carbons (Fsp3) is 0.190. The fourth-order valence-corrected chi connectivity index (χ4v) is 3.01. The maximum Gasteiger partial charge on any atom is 0.310 e. The van der Waals surface area contributed by atoms with E-state index in [-0.39, 0.29) is 17.8 Å². The Morgan fingerprint density at radius 3 is 2.19 bits per heavy atom. The number of carbonyl (C=O) groups excluding carboxylic acids is 1. The van der Waals surface area contributed by atoms with Crippen LogP contribution in [0.1, 0.15) is 19.4 Å². The fourth-order valence-electron chi connectivity index (χ4n) is 2.36. The molecule has 0 fully saturated rings. The van der Waals surface area contributed by atoms with E-state index in [2.05, 4.69) is 5.32 Å². The van der Waals surface area contributed by atoms with Gasteiger partial charge in [-0.25, -0.2) is 0 Å². The van der Waals surface area contributed by atoms with Crippen LogP contribution in [0.4, 0.5) is 25.1 Å². The van der Waals surface area contributed by atoms with Crippen LogP contribution in [0.25, 0.3) is 6.08 Å². The molecule has 0 bridgehead atoms. The number of hydrogen-bond acceptors (Lipinski definition) is 3. The Bertz CT molecular complexity index is 1010. The van der Waals surface area contributed by atoms with Gasteiger partial charge in [-0.3, -0.25) is 4.79 Å². The van der Waals surface area contributed by atoms with E-state index in [1.807, 2.05) is 19.9 Å². The van der Waals surface area contributed by atoms with Gasteiger partial charge < -0.3 is 14.8 Å². The van der Waals surface area contributed by atoms with Crippen LogP contribution in [0.3, 0.4) is 0 Å². The van der Waals surface area contributed by atoms with Crippen molar-refractivity contribution < 1.29 is 33.7 Å². The standard InChI is InChI=1S/C21H22F5NO3S/c1-15(2)12-13-30-20-14-16(4-10-19(20)29-3)5-11-21(28)27-17-6-8-18(9-7-17)31(22,23,24,25)26/h4-12,14H,13H2,1-3H3,(H,27,28)/b11-5+. The SMILES string of the molecule is COc1ccc(/C=C/C(=O)Nc2ccc(S(F)(F)(F)(F)F)cc2)cc1OCC=C(C)C. The molecule has 1 amide bonds. The first kappa shape index (κ1) is 24.3. The molecule has 0 aliphatic rings. The molecule has 10 heteroatoms. The smallest absolute Gasteiger partial charge is 0.310 e. The Morgan fingerprint density at radius 1 is 1.00 bits per heavy atom. The van der Waals surface area contributed by atoms with Crippen LogP contribution in [0.5, 0.6) is 11.5 Å². The first-order valence-electron chi connectivity index (χ1n) is 8.95. The summed E-state index contributed by atoms with van der Waals surface area (Å²) in [6, 6.07) is 7.00. The summed E-state index contributed by atoms with van der Waals surface area (Å²) < 4.78 is 74.5. The predicted octanol–water partition coefficient (Wildman–Crippen LogP) is 7.35. The number of carbonyl (C=O) groups is 1. The molecular weight excluding hydrogens is 441 g/mol. The molecule has 0 spiro atoms. The number of rotatable bonds is 8. The predicted molar refractivity (Wildman–Crippen MR) is 113 cm³/mol. The van der Waals surface area contributed by atoms with Crippen LogP contribution in [0.2, 0.25) is 0 Å². The van der Waals surface area contributed by atoms with Gasteiger partial charge in [-0.1, -0.05) is 31.1 Å². The van der Waals surface area contributed by atoms with Crippen molar-refractivity contribution in [2.24, 2.45) is 0 Å². The van der Waals surface area contributed by atoms with Crippen LogP contribution in [-0.4, -0.2) is 19.6 Å². The van der Waals surface area contributed by atoms with Gasteiger partial charge in [-0.05, 0) is 68.0 Å². The van der Waals surface area contributed by atoms with Crippen LogP contribution in [-0.2, 0) is 4.79 Å². The summed E-state index contributed by atoms with van der Waals surface area (Å²) in [6.45, 7) is 4.20. The second kappa shape index (κ2) is 8.26. The molecule has 0 aromatic heterocycles. The highest BCUT2D eigenvalue weighted by Crippen LogP contribution is 3.02. The highest BCUT2D eigenvalue weighted by atomic mass is 32.5. The molecule has 0 aliphatic heterocycles. The quantitative estimate of drug-likeness (QED) is 0.253. The minimum Gasteiger partial charge on any atom is -0.493 e. The zero-order valence-electron chi connectivity index (χ0n) is 17.0. The molecule has 170 valence electrons. The number of halogens is 5. The lowest BCUT2D eigenvalue weighted by molar-refractivity contribution is -0.111. The van der Waals surface area contributed by atoms with E-state index in [0.717, 1.165) is 23.8 Å². The van der Waals surface area contributed by atoms with Crippen molar-refractivity contribution in [3.8, 4) is 11.5 Å². The number of allylic oxidation sites excluding steroid dienone is 1. The number of amides is 1. The van der Waals surface area contributed by atoms with Crippen LogP contribution in [0.15, 0.2) is 65.1 Å². The minimum absolute atomic E-state index is 0.0549. The highest BCUT2D eigenvalue weighted by molar-refractivity contribution is 8.45. The van der Waals surface area contributed by atoms with Gasteiger partial charge in [0.05, 0.1) is 7.11 Å². The molecule has 0 saturated carbocycles. The Hall–Kier alpha value is -3.01. The van der Waals surface area contributed by atoms with Crippen molar-refractivity contribution in [2.45, 2.75) is 18.7 Å². The van der Waals surface area contributed by atoms with Crippen molar-refractivity contribution >= 4 is 27.9 Å². The highest BCUT2D eigenvalue weighted by Gasteiger charge is 2.65. The average molecular weight is 463 g/mol. The third-order valence-electron chi connectivity index (χ3n) is 3.91. The first-order chi connectivity index (χ1) is 14.2. The van der Waals surface area contributed by atoms with E-state index in [4.69, 9.17) is 9.47 Å². The molecule has 0 heterocycles. The van der Waals surface area contributed by atoms with E-state index in [1.165, 1.54) is 13.2 Å². The molecule has 2 aromatic carbocycles. The van der Waals surface area contributed by atoms with E-state index >= 15 is 0 Å². The molecule has 1 N–H and O–H groups in total. The molecule has 2 rings (SSSR count). The maximum absolute atomic E-state index is 12.7. The van der Waals surface area contributed by atoms with Gasteiger partial charge >= 0.3 is 10.2 Å². The second-order valence-corrected chi connectivity index (χ2v) is 9.23. The van der Waals surface area contributed by atoms with Gasteiger partial charge in [0, 0.05) is 11.8 Å². The molecule has 4 nitrogen and oxygen atoms in total. The van der Waals surface area contributed by atoms with Crippen molar-refractivity contribution in [3.05, 3.63) is 65.8 Å². The summed E-state index contributed by atoms with van der Waals surface area (Å²) >= 11 is 0. The van der Waals surface area contributed by atoms with Crippen molar-refractivity contribution in [1.82, 2.24) is 0 Å². The third kappa shape index (κ3) is 7.63.